The zero-order valence-electron chi connectivity index (χ0n) is 23.4. The number of hydrogen-bond donors (Lipinski definition) is 0. The zero-order chi connectivity index (χ0) is 29.4. The average molecular weight is 589 g/mol. The van der Waals surface area contributed by atoms with E-state index in [0.717, 1.165) is 16.9 Å². The molecule has 0 spiro atoms. The molecule has 0 saturated carbocycles. The van der Waals surface area contributed by atoms with Crippen molar-refractivity contribution in [3.8, 4) is 17.2 Å². The Bertz CT molecular complexity index is 1690. The van der Waals surface area contributed by atoms with Crippen molar-refractivity contribution in [2.75, 3.05) is 25.7 Å². The topological polar surface area (TPSA) is 114 Å². The summed E-state index contributed by atoms with van der Waals surface area (Å²) in [6.07, 6.45) is 5.04. The van der Waals surface area contributed by atoms with Crippen molar-refractivity contribution in [2.24, 2.45) is 0 Å². The molecule has 11 nitrogen and oxygen atoms in total. The average Bonchev–Trinajstić information content (AvgIpc) is 3.66. The Balaban J connectivity index is 1.51. The largest absolute Gasteiger partial charge is 0.497 e. The second-order valence-electron chi connectivity index (χ2n) is 9.91. The summed E-state index contributed by atoms with van der Waals surface area (Å²) in [5.41, 5.74) is 3.89. The Kier molecular flexibility index (Phi) is 7.42. The van der Waals surface area contributed by atoms with Gasteiger partial charge in [-0.2, -0.15) is 5.10 Å². The highest BCUT2D eigenvalue weighted by Crippen LogP contribution is 2.47. The van der Waals surface area contributed by atoms with Gasteiger partial charge in [0, 0.05) is 34.3 Å². The van der Waals surface area contributed by atoms with Crippen LogP contribution >= 0.6 is 11.6 Å². The second kappa shape index (κ2) is 11.3. The minimum absolute atomic E-state index is 0.0211. The van der Waals surface area contributed by atoms with E-state index in [4.69, 9.17) is 25.8 Å². The molecule has 0 saturated heterocycles. The fourth-order valence-electron chi connectivity index (χ4n) is 5.61. The molecule has 1 atom stereocenters. The van der Waals surface area contributed by atoms with Crippen LogP contribution in [-0.4, -0.2) is 57.4 Å². The van der Waals surface area contributed by atoms with Gasteiger partial charge in [0.1, 0.15) is 34.6 Å². The van der Waals surface area contributed by atoms with E-state index >= 15 is 0 Å². The lowest BCUT2D eigenvalue weighted by Gasteiger charge is -2.40. The Labute approximate surface area is 247 Å². The summed E-state index contributed by atoms with van der Waals surface area (Å²) in [5.74, 6) is 1.20. The molecule has 0 radical (unpaired) electrons. The Hall–Kier alpha value is -4.64. The molecule has 2 aliphatic rings. The number of ketones is 1. The fraction of sp³-hybridized carbons (Fsp3) is 0.300. The molecule has 0 amide bonds. The van der Waals surface area contributed by atoms with Crippen LogP contribution in [0.4, 0.5) is 5.82 Å². The second-order valence-corrected chi connectivity index (χ2v) is 10.3. The lowest BCUT2D eigenvalue weighted by molar-refractivity contribution is -0.116. The first-order valence-electron chi connectivity index (χ1n) is 13.6. The van der Waals surface area contributed by atoms with Crippen molar-refractivity contribution in [2.45, 2.75) is 38.8 Å². The van der Waals surface area contributed by atoms with Crippen LogP contribution in [-0.2, 0) is 16.1 Å². The fourth-order valence-corrected chi connectivity index (χ4v) is 5.73. The third kappa shape index (κ3) is 4.79. The maximum atomic E-state index is 13.7. The summed E-state index contributed by atoms with van der Waals surface area (Å²) in [6, 6.07) is 12.1. The first kappa shape index (κ1) is 27.5. The van der Waals surface area contributed by atoms with Crippen molar-refractivity contribution in [1.82, 2.24) is 24.8 Å². The van der Waals surface area contributed by atoms with E-state index < -0.39 is 12.0 Å². The molecule has 4 aromatic rings. The van der Waals surface area contributed by atoms with E-state index in [1.807, 2.05) is 35.4 Å². The lowest BCUT2D eigenvalue weighted by atomic mass is 9.84. The van der Waals surface area contributed by atoms with Crippen molar-refractivity contribution in [1.29, 1.82) is 0 Å². The molecule has 3 heterocycles. The normalized spacial score (nSPS) is 16.2. The number of anilines is 1. The molecule has 2 aromatic carbocycles. The number of carbonyl (C=O) groups excluding carboxylic acids is 2. The van der Waals surface area contributed by atoms with Crippen LogP contribution in [0.15, 0.2) is 66.1 Å². The van der Waals surface area contributed by atoms with Crippen molar-refractivity contribution in [3.63, 3.8) is 0 Å². The first-order valence-corrected chi connectivity index (χ1v) is 14.0. The van der Waals surface area contributed by atoms with Gasteiger partial charge in [0.05, 0.1) is 45.5 Å². The van der Waals surface area contributed by atoms with E-state index in [0.29, 0.717) is 58.4 Å². The van der Waals surface area contributed by atoms with Crippen molar-refractivity contribution >= 4 is 29.2 Å². The van der Waals surface area contributed by atoms with E-state index in [9.17, 15) is 9.59 Å². The molecule has 1 unspecified atom stereocenters. The van der Waals surface area contributed by atoms with Crippen LogP contribution < -0.4 is 14.4 Å². The van der Waals surface area contributed by atoms with E-state index in [2.05, 4.69) is 15.4 Å². The molecule has 6 rings (SSSR count). The van der Waals surface area contributed by atoms with Crippen LogP contribution in [0.1, 0.15) is 53.8 Å². The number of nitrogens with zero attached hydrogens (tertiary/aromatic N) is 6. The van der Waals surface area contributed by atoms with Crippen LogP contribution in [0, 0.1) is 0 Å². The summed E-state index contributed by atoms with van der Waals surface area (Å²) < 4.78 is 19.9. The van der Waals surface area contributed by atoms with Crippen molar-refractivity contribution in [3.05, 3.63) is 88.0 Å². The molecule has 1 aliphatic carbocycles. The number of methoxy groups -OCH3 is 2. The molecule has 0 bridgehead atoms. The van der Waals surface area contributed by atoms with Gasteiger partial charge in [-0.15, -0.1) is 5.10 Å². The summed E-state index contributed by atoms with van der Waals surface area (Å²) in [5, 5.41) is 14.0. The zero-order valence-corrected chi connectivity index (χ0v) is 24.2. The smallest absolute Gasteiger partial charge is 0.343 e. The van der Waals surface area contributed by atoms with Crippen molar-refractivity contribution < 1.29 is 23.8 Å². The molecule has 0 N–H and O–H groups in total. The van der Waals surface area contributed by atoms with Crippen LogP contribution in [0.5, 0.6) is 11.5 Å². The van der Waals surface area contributed by atoms with Gasteiger partial charge in [0.25, 0.3) is 0 Å². The van der Waals surface area contributed by atoms with Gasteiger partial charge in [-0.25, -0.2) is 14.2 Å². The number of ether oxygens (including phenoxy) is 3. The molecule has 12 heteroatoms. The quantitative estimate of drug-likeness (QED) is 0.264. The predicted octanol–water partition coefficient (Wildman–Crippen LogP) is 4.93. The number of aromatic nitrogens is 5. The van der Waals surface area contributed by atoms with Crippen LogP contribution in [0.2, 0.25) is 5.02 Å². The minimum Gasteiger partial charge on any atom is -0.497 e. The van der Waals surface area contributed by atoms with Gasteiger partial charge in [-0.1, -0.05) is 16.8 Å². The summed E-state index contributed by atoms with van der Waals surface area (Å²) in [7, 11) is 3.15. The number of carbonyl (C=O) groups is 2. The Morgan fingerprint density at radius 1 is 1.10 bits per heavy atom. The van der Waals surface area contributed by atoms with Gasteiger partial charge in [0.2, 0.25) is 0 Å². The highest BCUT2D eigenvalue weighted by atomic mass is 35.5. The molecule has 42 heavy (non-hydrogen) atoms. The highest BCUT2D eigenvalue weighted by Gasteiger charge is 2.42. The lowest BCUT2D eigenvalue weighted by Crippen LogP contribution is -2.39. The van der Waals surface area contributed by atoms with E-state index in [1.165, 1.54) is 6.20 Å². The molecule has 0 fully saturated rings. The van der Waals surface area contributed by atoms with E-state index in [1.54, 1.807) is 48.7 Å². The minimum atomic E-state index is -0.618. The SMILES string of the molecule is CCOC(=O)c1cnn2c1N(Cc1cn(-c3ccc(Cl)cc3)nn1)C1=C(C(=O)CCC1)C2c1ccc(OC)cc1OC. The van der Waals surface area contributed by atoms with Gasteiger partial charge >= 0.3 is 5.97 Å². The van der Waals surface area contributed by atoms with Gasteiger partial charge in [0.15, 0.2) is 5.78 Å². The number of esters is 1. The molecule has 2 aromatic heterocycles. The number of halogens is 1. The van der Waals surface area contributed by atoms with Crippen LogP contribution in [0.3, 0.4) is 0 Å². The summed E-state index contributed by atoms with van der Waals surface area (Å²) in [6.45, 7) is 2.22. The third-order valence-corrected chi connectivity index (χ3v) is 7.73. The van der Waals surface area contributed by atoms with E-state index in [-0.39, 0.29) is 18.9 Å². The molecular formula is C30H29ClN6O5. The number of Topliss-reactive ketones (excluding diaryl/α,β-unsaturated/α-hetero) is 1. The standard InChI is InChI=1S/C30H29ClN6O5/c1-4-42-30(39)23-15-32-37-28(22-13-12-21(40-2)14-26(22)41-3)27-24(6-5-7-25(27)38)35(29(23)37)16-19-17-36(34-33-19)20-10-8-18(31)9-11-20/h8-15,17,28H,4-7,16H2,1-3H3. The number of allylic oxidation sites excluding steroid dienone is 2. The van der Waals surface area contributed by atoms with Crippen LogP contribution in [0.25, 0.3) is 5.69 Å². The monoisotopic (exact) mass is 588 g/mol. The molecule has 1 aliphatic heterocycles. The predicted molar refractivity (Wildman–Crippen MR) is 154 cm³/mol. The first-order chi connectivity index (χ1) is 20.4. The maximum Gasteiger partial charge on any atom is 0.343 e. The highest BCUT2D eigenvalue weighted by molar-refractivity contribution is 6.30. The summed E-state index contributed by atoms with van der Waals surface area (Å²) >= 11 is 6.06. The Morgan fingerprint density at radius 2 is 1.90 bits per heavy atom. The molecule has 216 valence electrons. The molecular weight excluding hydrogens is 560 g/mol. The number of fused-ring (bicyclic) bond motifs is 1. The van der Waals surface area contributed by atoms with Gasteiger partial charge in [-0.05, 0) is 56.2 Å². The maximum absolute atomic E-state index is 13.7. The third-order valence-electron chi connectivity index (χ3n) is 7.48. The van der Waals surface area contributed by atoms with Gasteiger partial charge < -0.3 is 19.1 Å². The summed E-state index contributed by atoms with van der Waals surface area (Å²) in [4.78, 5) is 28.8. The number of benzene rings is 2. The number of rotatable bonds is 8. The van der Waals surface area contributed by atoms with Gasteiger partial charge in [-0.3, -0.25) is 4.79 Å². The Morgan fingerprint density at radius 3 is 2.64 bits per heavy atom. The number of hydrogen-bond acceptors (Lipinski definition) is 9.